The van der Waals surface area contributed by atoms with Crippen LogP contribution in [-0.2, 0) is 6.42 Å². The quantitative estimate of drug-likeness (QED) is 0.339. The highest BCUT2D eigenvalue weighted by Crippen LogP contribution is 2.48. The third-order valence-electron chi connectivity index (χ3n) is 5.85. The molecule has 0 aliphatic carbocycles. The van der Waals surface area contributed by atoms with Crippen LogP contribution in [0.4, 0.5) is 0 Å². The highest BCUT2D eigenvalue weighted by atomic mass is 16.3. The highest BCUT2D eigenvalue weighted by molar-refractivity contribution is 6.11. The van der Waals surface area contributed by atoms with Gasteiger partial charge in [-0.25, -0.2) is 0 Å². The summed E-state index contributed by atoms with van der Waals surface area (Å²) < 4.78 is 0. The summed E-state index contributed by atoms with van der Waals surface area (Å²) in [5.74, 6) is 0.345. The predicted molar refractivity (Wildman–Crippen MR) is 125 cm³/mol. The molecule has 0 aromatic heterocycles. The minimum atomic E-state index is 0.160. The molecule has 0 spiro atoms. The number of hydrogen-bond acceptors (Lipinski definition) is 2. The first kappa shape index (κ1) is 18.3. The van der Waals surface area contributed by atoms with Gasteiger partial charge in [0, 0.05) is 16.7 Å². The minimum absolute atomic E-state index is 0.160. The fourth-order valence-electron chi connectivity index (χ4n) is 4.25. The molecule has 30 heavy (non-hydrogen) atoms. The van der Waals surface area contributed by atoms with E-state index in [0.717, 1.165) is 39.1 Å². The van der Waals surface area contributed by atoms with Crippen LogP contribution in [0.1, 0.15) is 12.5 Å². The molecule has 0 amide bonds. The summed E-state index contributed by atoms with van der Waals surface area (Å²) in [6, 6.07) is 29.9. The van der Waals surface area contributed by atoms with Gasteiger partial charge in [-0.05, 0) is 51.2 Å². The molecule has 0 atom stereocenters. The van der Waals surface area contributed by atoms with E-state index in [4.69, 9.17) is 0 Å². The van der Waals surface area contributed by atoms with Gasteiger partial charge in [0.1, 0.15) is 11.5 Å². The highest BCUT2D eigenvalue weighted by Gasteiger charge is 2.20. The Morgan fingerprint density at radius 3 is 1.97 bits per heavy atom. The molecule has 0 bridgehead atoms. The SMILES string of the molecule is CCc1ccc(-c2cc3ccccc3c(-c3c(O)ccc4ccccc34)c2O)cc1. The van der Waals surface area contributed by atoms with E-state index in [2.05, 4.69) is 31.2 Å². The van der Waals surface area contributed by atoms with Crippen molar-refractivity contribution in [2.24, 2.45) is 0 Å². The van der Waals surface area contributed by atoms with Crippen molar-refractivity contribution in [3.63, 3.8) is 0 Å². The van der Waals surface area contributed by atoms with Crippen molar-refractivity contribution in [2.75, 3.05) is 0 Å². The van der Waals surface area contributed by atoms with Gasteiger partial charge in [0.2, 0.25) is 0 Å². The van der Waals surface area contributed by atoms with Gasteiger partial charge < -0.3 is 10.2 Å². The van der Waals surface area contributed by atoms with Crippen LogP contribution in [0.2, 0.25) is 0 Å². The maximum Gasteiger partial charge on any atom is 0.132 e. The lowest BCUT2D eigenvalue weighted by molar-refractivity contribution is 0.471. The van der Waals surface area contributed by atoms with Crippen molar-refractivity contribution in [2.45, 2.75) is 13.3 Å². The molecule has 0 saturated heterocycles. The molecule has 2 N–H and O–H groups in total. The first-order valence-electron chi connectivity index (χ1n) is 10.2. The summed E-state index contributed by atoms with van der Waals surface area (Å²) in [7, 11) is 0. The summed E-state index contributed by atoms with van der Waals surface area (Å²) >= 11 is 0. The third-order valence-corrected chi connectivity index (χ3v) is 5.85. The second kappa shape index (κ2) is 7.23. The Morgan fingerprint density at radius 1 is 0.633 bits per heavy atom. The lowest BCUT2D eigenvalue weighted by atomic mass is 9.88. The zero-order valence-corrected chi connectivity index (χ0v) is 16.8. The van der Waals surface area contributed by atoms with E-state index in [1.54, 1.807) is 6.07 Å². The fraction of sp³-hybridized carbons (Fsp3) is 0.0714. The summed E-state index contributed by atoms with van der Waals surface area (Å²) in [5.41, 5.74) is 4.30. The third kappa shape index (κ3) is 2.89. The van der Waals surface area contributed by atoms with E-state index in [0.29, 0.717) is 11.1 Å². The average Bonchev–Trinajstić information content (AvgIpc) is 2.79. The standard InChI is InChI=1S/C28H22O2/c1-2-18-11-13-20(14-12-18)24-17-21-8-4-6-10-23(21)27(28(24)30)26-22-9-5-3-7-19(22)15-16-25(26)29/h3-17,29-30H,2H2,1H3. The Bertz CT molecular complexity index is 1380. The van der Waals surface area contributed by atoms with Crippen LogP contribution in [-0.4, -0.2) is 10.2 Å². The molecule has 5 aromatic carbocycles. The molecular weight excluding hydrogens is 368 g/mol. The van der Waals surface area contributed by atoms with E-state index >= 15 is 0 Å². The van der Waals surface area contributed by atoms with Gasteiger partial charge in [-0.3, -0.25) is 0 Å². The van der Waals surface area contributed by atoms with Gasteiger partial charge in [0.15, 0.2) is 0 Å². The molecule has 5 aromatic rings. The molecule has 0 unspecified atom stereocenters. The molecule has 2 nitrogen and oxygen atoms in total. The van der Waals surface area contributed by atoms with Crippen molar-refractivity contribution < 1.29 is 10.2 Å². The van der Waals surface area contributed by atoms with E-state index < -0.39 is 0 Å². The van der Waals surface area contributed by atoms with Crippen molar-refractivity contribution in [3.8, 4) is 33.8 Å². The van der Waals surface area contributed by atoms with Crippen LogP contribution in [0.15, 0.2) is 91.0 Å². The van der Waals surface area contributed by atoms with Gasteiger partial charge in [0.05, 0.1) is 0 Å². The lowest BCUT2D eigenvalue weighted by Crippen LogP contribution is -1.90. The summed E-state index contributed by atoms with van der Waals surface area (Å²) in [6.07, 6.45) is 0.971. The topological polar surface area (TPSA) is 40.5 Å². The monoisotopic (exact) mass is 390 g/mol. The molecule has 0 aliphatic rings. The molecule has 5 rings (SSSR count). The van der Waals surface area contributed by atoms with Gasteiger partial charge in [-0.2, -0.15) is 0 Å². The van der Waals surface area contributed by atoms with E-state index in [1.807, 2.05) is 60.7 Å². The molecule has 2 heteroatoms. The van der Waals surface area contributed by atoms with Crippen LogP contribution in [0.3, 0.4) is 0 Å². The van der Waals surface area contributed by atoms with Gasteiger partial charge in [-0.15, -0.1) is 0 Å². The Kier molecular flexibility index (Phi) is 4.40. The van der Waals surface area contributed by atoms with Gasteiger partial charge in [-0.1, -0.05) is 85.8 Å². The summed E-state index contributed by atoms with van der Waals surface area (Å²) in [5, 5.41) is 26.2. The van der Waals surface area contributed by atoms with Crippen LogP contribution in [0, 0.1) is 0 Å². The summed E-state index contributed by atoms with van der Waals surface area (Å²) in [4.78, 5) is 0. The Morgan fingerprint density at radius 2 is 1.27 bits per heavy atom. The van der Waals surface area contributed by atoms with E-state index in [-0.39, 0.29) is 11.5 Å². The first-order valence-corrected chi connectivity index (χ1v) is 10.2. The first-order chi connectivity index (χ1) is 14.7. The van der Waals surface area contributed by atoms with Crippen molar-refractivity contribution >= 4 is 21.5 Å². The molecule has 0 heterocycles. The molecule has 0 radical (unpaired) electrons. The van der Waals surface area contributed by atoms with E-state index in [9.17, 15) is 10.2 Å². The second-order valence-corrected chi connectivity index (χ2v) is 7.60. The minimum Gasteiger partial charge on any atom is -0.507 e. The van der Waals surface area contributed by atoms with Crippen LogP contribution in [0.5, 0.6) is 11.5 Å². The number of rotatable bonds is 3. The number of phenolic OH excluding ortho intramolecular Hbond substituents is 2. The fourth-order valence-corrected chi connectivity index (χ4v) is 4.25. The maximum absolute atomic E-state index is 11.5. The zero-order chi connectivity index (χ0) is 20.7. The maximum atomic E-state index is 11.5. The predicted octanol–water partition coefficient (Wildman–Crippen LogP) is 7.30. The molecular formula is C28H22O2. The van der Waals surface area contributed by atoms with Crippen LogP contribution in [0.25, 0.3) is 43.8 Å². The average molecular weight is 390 g/mol. The molecule has 0 fully saturated rings. The van der Waals surface area contributed by atoms with Crippen molar-refractivity contribution in [1.29, 1.82) is 0 Å². The normalized spacial score (nSPS) is 11.2. The van der Waals surface area contributed by atoms with Crippen molar-refractivity contribution in [3.05, 3.63) is 96.6 Å². The van der Waals surface area contributed by atoms with Crippen LogP contribution >= 0.6 is 0 Å². The number of aromatic hydroxyl groups is 2. The number of benzene rings is 5. The molecule has 0 saturated carbocycles. The van der Waals surface area contributed by atoms with Gasteiger partial charge >= 0.3 is 0 Å². The zero-order valence-electron chi connectivity index (χ0n) is 16.8. The number of phenols is 2. The Hall–Kier alpha value is -3.78. The van der Waals surface area contributed by atoms with Crippen LogP contribution < -0.4 is 0 Å². The number of fused-ring (bicyclic) bond motifs is 2. The Labute approximate surface area is 175 Å². The van der Waals surface area contributed by atoms with E-state index in [1.165, 1.54) is 5.56 Å². The summed E-state index contributed by atoms with van der Waals surface area (Å²) in [6.45, 7) is 2.13. The Balaban J connectivity index is 1.89. The number of aryl methyl sites for hydroxylation is 1. The second-order valence-electron chi connectivity index (χ2n) is 7.60. The number of hydrogen-bond donors (Lipinski definition) is 2. The van der Waals surface area contributed by atoms with Gasteiger partial charge in [0.25, 0.3) is 0 Å². The smallest absolute Gasteiger partial charge is 0.132 e. The van der Waals surface area contributed by atoms with Crippen molar-refractivity contribution in [1.82, 2.24) is 0 Å². The largest absolute Gasteiger partial charge is 0.507 e. The molecule has 146 valence electrons. The molecule has 0 aliphatic heterocycles. The lowest BCUT2D eigenvalue weighted by Gasteiger charge is -2.17.